The molecule has 0 heterocycles. The largest absolute Gasteiger partial charge is 0.444 e. The predicted octanol–water partition coefficient (Wildman–Crippen LogP) is 3.43. The van der Waals surface area contributed by atoms with E-state index < -0.39 is 5.60 Å². The Morgan fingerprint density at radius 1 is 1.09 bits per heavy atom. The maximum Gasteiger partial charge on any atom is 0.410 e. The second-order valence-corrected chi connectivity index (χ2v) is 7.83. The first-order valence-electron chi connectivity index (χ1n) is 8.26. The summed E-state index contributed by atoms with van der Waals surface area (Å²) in [5, 5.41) is 3.35. The Hall–Kier alpha value is -0.810. The molecule has 0 aromatic carbocycles. The fourth-order valence-corrected chi connectivity index (χ4v) is 1.85. The van der Waals surface area contributed by atoms with Gasteiger partial charge in [0.2, 0.25) is 0 Å². The van der Waals surface area contributed by atoms with Gasteiger partial charge in [0.05, 0.1) is 6.10 Å². The van der Waals surface area contributed by atoms with Crippen LogP contribution < -0.4 is 5.32 Å². The van der Waals surface area contributed by atoms with Crippen LogP contribution in [0, 0.1) is 0 Å². The maximum absolute atomic E-state index is 12.3. The highest BCUT2D eigenvalue weighted by molar-refractivity contribution is 5.69. The van der Waals surface area contributed by atoms with Crippen LogP contribution in [0.4, 0.5) is 4.79 Å². The van der Waals surface area contributed by atoms with Gasteiger partial charge in [0.1, 0.15) is 5.60 Å². The van der Waals surface area contributed by atoms with E-state index in [4.69, 9.17) is 9.47 Å². The molecule has 0 unspecified atom stereocenters. The molecular weight excluding hydrogens is 280 g/mol. The molecule has 0 spiro atoms. The molecule has 0 aromatic rings. The number of carbonyl (C=O) groups excluding carboxylic acids is 1. The zero-order chi connectivity index (χ0) is 17.4. The zero-order valence-electron chi connectivity index (χ0n) is 15.8. The Morgan fingerprint density at radius 3 is 2.14 bits per heavy atom. The number of amides is 1. The lowest BCUT2D eigenvalue weighted by Gasteiger charge is -2.36. The highest BCUT2D eigenvalue weighted by Gasteiger charge is 2.30. The summed E-state index contributed by atoms with van der Waals surface area (Å²) in [5.41, 5.74) is -0.729. The molecule has 0 atom stereocenters. The van der Waals surface area contributed by atoms with Gasteiger partial charge in [-0.1, -0.05) is 0 Å². The lowest BCUT2D eigenvalue weighted by atomic mass is 10.1. The SMILES string of the molecule is CC(C)OCCCNCCN(C(=O)OC(C)(C)C)C(C)(C)C. The van der Waals surface area contributed by atoms with E-state index in [9.17, 15) is 4.79 Å². The Balaban J connectivity index is 4.15. The first kappa shape index (κ1) is 21.2. The van der Waals surface area contributed by atoms with E-state index in [2.05, 4.69) is 5.32 Å². The third kappa shape index (κ3) is 10.9. The van der Waals surface area contributed by atoms with Crippen molar-refractivity contribution in [2.45, 2.75) is 79.1 Å². The van der Waals surface area contributed by atoms with Crippen LogP contribution in [0.3, 0.4) is 0 Å². The van der Waals surface area contributed by atoms with E-state index in [1.807, 2.05) is 55.4 Å². The Kier molecular flexibility index (Phi) is 9.01. The van der Waals surface area contributed by atoms with E-state index in [0.29, 0.717) is 6.54 Å². The third-order valence-corrected chi connectivity index (χ3v) is 2.88. The molecule has 0 saturated carbocycles. The van der Waals surface area contributed by atoms with Crippen molar-refractivity contribution in [3.05, 3.63) is 0 Å². The van der Waals surface area contributed by atoms with Crippen LogP contribution in [0.5, 0.6) is 0 Å². The highest BCUT2D eigenvalue weighted by atomic mass is 16.6. The van der Waals surface area contributed by atoms with Gasteiger partial charge in [-0.15, -0.1) is 0 Å². The van der Waals surface area contributed by atoms with Crippen molar-refractivity contribution in [1.29, 1.82) is 0 Å². The molecule has 0 radical (unpaired) electrons. The van der Waals surface area contributed by atoms with Crippen LogP contribution in [0.25, 0.3) is 0 Å². The number of nitrogens with one attached hydrogen (secondary N) is 1. The zero-order valence-corrected chi connectivity index (χ0v) is 15.8. The molecule has 0 bridgehead atoms. The number of rotatable bonds is 8. The normalized spacial score (nSPS) is 12.6. The maximum atomic E-state index is 12.3. The van der Waals surface area contributed by atoms with Crippen LogP contribution in [0.15, 0.2) is 0 Å². The second kappa shape index (κ2) is 9.36. The summed E-state index contributed by atoms with van der Waals surface area (Å²) in [6.07, 6.45) is 0.994. The third-order valence-electron chi connectivity index (χ3n) is 2.88. The summed E-state index contributed by atoms with van der Waals surface area (Å²) in [7, 11) is 0. The van der Waals surface area contributed by atoms with Gasteiger partial charge in [-0.2, -0.15) is 0 Å². The molecule has 1 amide bonds. The summed E-state index contributed by atoms with van der Waals surface area (Å²) >= 11 is 0. The van der Waals surface area contributed by atoms with Crippen molar-refractivity contribution in [3.8, 4) is 0 Å². The standard InChI is InChI=1S/C17H36N2O3/c1-14(2)21-13-9-10-18-11-12-19(16(3,4)5)15(20)22-17(6,7)8/h14,18H,9-13H2,1-8H3. The summed E-state index contributed by atoms with van der Waals surface area (Å²) in [6, 6.07) is 0. The fourth-order valence-electron chi connectivity index (χ4n) is 1.85. The van der Waals surface area contributed by atoms with Gasteiger partial charge in [0.15, 0.2) is 0 Å². The molecular formula is C17H36N2O3. The quantitative estimate of drug-likeness (QED) is 0.697. The van der Waals surface area contributed by atoms with E-state index in [1.165, 1.54) is 0 Å². The van der Waals surface area contributed by atoms with Gasteiger partial charge >= 0.3 is 6.09 Å². The topological polar surface area (TPSA) is 50.8 Å². The van der Waals surface area contributed by atoms with Crippen molar-refractivity contribution < 1.29 is 14.3 Å². The average Bonchev–Trinajstić information content (AvgIpc) is 2.27. The average molecular weight is 316 g/mol. The number of hydrogen-bond acceptors (Lipinski definition) is 4. The summed E-state index contributed by atoms with van der Waals surface area (Å²) in [4.78, 5) is 14.1. The molecule has 0 aliphatic heterocycles. The van der Waals surface area contributed by atoms with E-state index in [1.54, 1.807) is 4.90 Å². The van der Waals surface area contributed by atoms with Crippen LogP contribution >= 0.6 is 0 Å². The Morgan fingerprint density at radius 2 is 1.68 bits per heavy atom. The van der Waals surface area contributed by atoms with Gasteiger partial charge in [0, 0.05) is 25.2 Å². The van der Waals surface area contributed by atoms with Crippen molar-refractivity contribution in [1.82, 2.24) is 10.2 Å². The second-order valence-electron chi connectivity index (χ2n) is 7.83. The lowest BCUT2D eigenvalue weighted by molar-refractivity contribution is 0.00656. The highest BCUT2D eigenvalue weighted by Crippen LogP contribution is 2.17. The lowest BCUT2D eigenvalue weighted by Crippen LogP contribution is -2.50. The summed E-state index contributed by atoms with van der Waals surface area (Å²) in [5.74, 6) is 0. The molecule has 0 aromatic heterocycles. The van der Waals surface area contributed by atoms with Gasteiger partial charge in [-0.25, -0.2) is 4.79 Å². The molecule has 0 aliphatic rings. The van der Waals surface area contributed by atoms with E-state index >= 15 is 0 Å². The van der Waals surface area contributed by atoms with Crippen molar-refractivity contribution in [3.63, 3.8) is 0 Å². The molecule has 0 fully saturated rings. The van der Waals surface area contributed by atoms with Crippen LogP contribution in [-0.4, -0.2) is 54.5 Å². The van der Waals surface area contributed by atoms with Gasteiger partial charge in [-0.05, 0) is 68.4 Å². The number of carbonyl (C=O) groups is 1. The van der Waals surface area contributed by atoms with Gasteiger partial charge < -0.3 is 19.7 Å². The minimum Gasteiger partial charge on any atom is -0.444 e. The molecule has 22 heavy (non-hydrogen) atoms. The van der Waals surface area contributed by atoms with Gasteiger partial charge in [0.25, 0.3) is 0 Å². The summed E-state index contributed by atoms with van der Waals surface area (Å²) in [6.45, 7) is 18.8. The van der Waals surface area contributed by atoms with Crippen molar-refractivity contribution in [2.75, 3.05) is 26.2 Å². The Bertz CT molecular complexity index is 317. The monoisotopic (exact) mass is 316 g/mol. The first-order chi connectivity index (χ1) is 9.93. The molecule has 5 nitrogen and oxygen atoms in total. The molecule has 132 valence electrons. The molecule has 5 heteroatoms. The predicted molar refractivity (Wildman–Crippen MR) is 91.3 cm³/mol. The van der Waals surface area contributed by atoms with Gasteiger partial charge in [-0.3, -0.25) is 0 Å². The number of ether oxygens (including phenoxy) is 2. The smallest absolute Gasteiger partial charge is 0.410 e. The number of nitrogens with zero attached hydrogens (tertiary/aromatic N) is 1. The van der Waals surface area contributed by atoms with Crippen molar-refractivity contribution >= 4 is 6.09 Å². The van der Waals surface area contributed by atoms with Crippen LogP contribution in [0.2, 0.25) is 0 Å². The van der Waals surface area contributed by atoms with Crippen molar-refractivity contribution in [2.24, 2.45) is 0 Å². The van der Waals surface area contributed by atoms with Crippen LogP contribution in [0.1, 0.15) is 61.8 Å². The molecule has 0 rings (SSSR count). The molecule has 1 N–H and O–H groups in total. The minimum absolute atomic E-state index is 0.259. The van der Waals surface area contributed by atoms with E-state index in [0.717, 1.165) is 26.1 Å². The summed E-state index contributed by atoms with van der Waals surface area (Å²) < 4.78 is 11.0. The molecule has 0 aliphatic carbocycles. The van der Waals surface area contributed by atoms with Crippen LogP contribution in [-0.2, 0) is 9.47 Å². The van der Waals surface area contributed by atoms with E-state index in [-0.39, 0.29) is 17.7 Å². The Labute approximate surface area is 136 Å². The first-order valence-corrected chi connectivity index (χ1v) is 8.26. The number of hydrogen-bond donors (Lipinski definition) is 1. The minimum atomic E-state index is -0.470. The fraction of sp³-hybridized carbons (Fsp3) is 0.941. The molecule has 0 saturated heterocycles.